The van der Waals surface area contributed by atoms with Crippen LogP contribution >= 0.6 is 0 Å². The molecule has 27 heavy (non-hydrogen) atoms. The van der Waals surface area contributed by atoms with Crippen molar-refractivity contribution in [3.8, 4) is 0 Å². The van der Waals surface area contributed by atoms with Gasteiger partial charge in [0.1, 0.15) is 5.54 Å². The van der Waals surface area contributed by atoms with Gasteiger partial charge >= 0.3 is 5.97 Å². The number of esters is 1. The van der Waals surface area contributed by atoms with E-state index in [1.165, 1.54) is 7.11 Å². The molecule has 1 amide bonds. The fraction of sp³-hybridized carbons (Fsp3) is 0.350. The molecule has 1 spiro atoms. The monoisotopic (exact) mass is 367 g/mol. The first-order valence-electron chi connectivity index (χ1n) is 8.75. The zero-order valence-corrected chi connectivity index (χ0v) is 15.2. The number of aliphatic hydroxyl groups is 1. The Morgan fingerprint density at radius 1 is 1.37 bits per heavy atom. The molecule has 1 aromatic carbocycles. The maximum Gasteiger partial charge on any atom is 0.328 e. The van der Waals surface area contributed by atoms with Crippen LogP contribution in [0, 0.1) is 0 Å². The molecule has 3 atom stereocenters. The average molecular weight is 367 g/mol. The van der Waals surface area contributed by atoms with Crippen LogP contribution in [0.3, 0.4) is 0 Å². The number of likely N-dealkylation sites (N-methyl/N-ethyl adjacent to an activating group) is 1. The molecule has 140 valence electrons. The van der Waals surface area contributed by atoms with E-state index in [-0.39, 0.29) is 12.3 Å². The van der Waals surface area contributed by atoms with Crippen molar-refractivity contribution in [1.29, 1.82) is 0 Å². The van der Waals surface area contributed by atoms with Crippen molar-refractivity contribution in [3.05, 3.63) is 59.9 Å². The van der Waals surface area contributed by atoms with E-state index in [2.05, 4.69) is 10.3 Å². The minimum Gasteiger partial charge on any atom is -0.468 e. The molecule has 2 N–H and O–H groups in total. The fourth-order valence-electron chi connectivity index (χ4n) is 4.55. The van der Waals surface area contributed by atoms with Crippen molar-refractivity contribution in [2.24, 2.45) is 0 Å². The zero-order valence-electron chi connectivity index (χ0n) is 15.2. The first-order valence-corrected chi connectivity index (χ1v) is 8.75. The number of pyridine rings is 1. The molecule has 1 fully saturated rings. The van der Waals surface area contributed by atoms with Crippen LogP contribution in [-0.2, 0) is 19.7 Å². The van der Waals surface area contributed by atoms with Crippen LogP contribution in [0.5, 0.6) is 0 Å². The minimum absolute atomic E-state index is 0.100. The lowest BCUT2D eigenvalue weighted by atomic mass is 9.70. The summed E-state index contributed by atoms with van der Waals surface area (Å²) >= 11 is 0. The molecule has 1 unspecified atom stereocenters. The van der Waals surface area contributed by atoms with Crippen molar-refractivity contribution >= 4 is 17.6 Å². The smallest absolute Gasteiger partial charge is 0.328 e. The van der Waals surface area contributed by atoms with E-state index in [0.29, 0.717) is 0 Å². The van der Waals surface area contributed by atoms with Crippen LogP contribution in [0.25, 0.3) is 0 Å². The van der Waals surface area contributed by atoms with E-state index >= 15 is 0 Å². The van der Waals surface area contributed by atoms with Crippen molar-refractivity contribution in [3.63, 3.8) is 0 Å². The number of methoxy groups -OCH3 is 1. The van der Waals surface area contributed by atoms with Gasteiger partial charge in [-0.3, -0.25) is 15.1 Å². The first-order chi connectivity index (χ1) is 13.0. The average Bonchev–Trinajstić information content (AvgIpc) is 3.19. The highest BCUT2D eigenvalue weighted by molar-refractivity contribution is 6.09. The van der Waals surface area contributed by atoms with Crippen LogP contribution in [-0.4, -0.2) is 48.3 Å². The summed E-state index contributed by atoms with van der Waals surface area (Å²) in [7, 11) is 3.01. The van der Waals surface area contributed by atoms with Crippen molar-refractivity contribution in [2.75, 3.05) is 25.7 Å². The number of nitrogens with one attached hydrogen (secondary N) is 1. The van der Waals surface area contributed by atoms with E-state index in [1.807, 2.05) is 30.3 Å². The normalized spacial score (nSPS) is 29.2. The van der Waals surface area contributed by atoms with Gasteiger partial charge in [0.05, 0.1) is 25.2 Å². The van der Waals surface area contributed by atoms with Crippen molar-refractivity contribution < 1.29 is 19.4 Å². The summed E-state index contributed by atoms with van der Waals surface area (Å²) in [6.07, 6.45) is 3.43. The molecule has 0 bridgehead atoms. The number of aromatic nitrogens is 1. The summed E-state index contributed by atoms with van der Waals surface area (Å²) in [4.78, 5) is 31.9. The van der Waals surface area contributed by atoms with Crippen LogP contribution in [0.1, 0.15) is 23.6 Å². The molecular formula is C20H21N3O4. The number of carbonyl (C=O) groups excluding carboxylic acids is 2. The van der Waals surface area contributed by atoms with E-state index < -0.39 is 29.6 Å². The predicted octanol–water partition coefficient (Wildman–Crippen LogP) is 0.934. The van der Waals surface area contributed by atoms with Gasteiger partial charge in [0.2, 0.25) is 5.91 Å². The van der Waals surface area contributed by atoms with Crippen LogP contribution < -0.4 is 10.2 Å². The summed E-state index contributed by atoms with van der Waals surface area (Å²) in [5.74, 6) is -0.708. The van der Waals surface area contributed by atoms with Gasteiger partial charge in [-0.05, 0) is 29.7 Å². The van der Waals surface area contributed by atoms with Crippen molar-refractivity contribution in [2.45, 2.75) is 23.4 Å². The predicted molar refractivity (Wildman–Crippen MR) is 98.1 cm³/mol. The molecule has 7 nitrogen and oxygen atoms in total. The number of aliphatic hydroxyl groups excluding tert-OH is 1. The number of ether oxygens (including phenoxy) is 1. The molecule has 2 aliphatic heterocycles. The number of hydrogen-bond acceptors (Lipinski definition) is 6. The van der Waals surface area contributed by atoms with Gasteiger partial charge in [0.25, 0.3) is 0 Å². The summed E-state index contributed by atoms with van der Waals surface area (Å²) in [5, 5.41) is 13.4. The summed E-state index contributed by atoms with van der Waals surface area (Å²) in [6, 6.07) is 10.7. The van der Waals surface area contributed by atoms with Gasteiger partial charge in [0.15, 0.2) is 0 Å². The van der Waals surface area contributed by atoms with Gasteiger partial charge in [-0.1, -0.05) is 24.3 Å². The highest BCUT2D eigenvalue weighted by atomic mass is 16.5. The highest BCUT2D eigenvalue weighted by Gasteiger charge is 2.66. The largest absolute Gasteiger partial charge is 0.468 e. The third kappa shape index (κ3) is 2.25. The highest BCUT2D eigenvalue weighted by Crippen LogP contribution is 2.56. The molecule has 1 saturated heterocycles. The van der Waals surface area contributed by atoms with Crippen LogP contribution in [0.2, 0.25) is 0 Å². The summed E-state index contributed by atoms with van der Waals surface area (Å²) < 4.78 is 4.96. The Bertz CT molecular complexity index is 903. The molecule has 3 heterocycles. The second-order valence-electron chi connectivity index (χ2n) is 7.12. The van der Waals surface area contributed by atoms with Crippen LogP contribution in [0.15, 0.2) is 48.8 Å². The molecule has 4 rings (SSSR count). The number of fused-ring (bicyclic) bond motifs is 2. The fourth-order valence-corrected chi connectivity index (χ4v) is 4.55. The maximum absolute atomic E-state index is 13.5. The Morgan fingerprint density at radius 3 is 2.81 bits per heavy atom. The van der Waals surface area contributed by atoms with Gasteiger partial charge in [-0.2, -0.15) is 0 Å². The minimum atomic E-state index is -1.37. The van der Waals surface area contributed by atoms with Crippen LogP contribution in [0.4, 0.5) is 5.69 Å². The zero-order chi connectivity index (χ0) is 19.2. The van der Waals surface area contributed by atoms with Gasteiger partial charge in [-0.25, -0.2) is 4.79 Å². The maximum atomic E-state index is 13.5. The number of nitrogens with zero attached hydrogens (tertiary/aromatic N) is 2. The second kappa shape index (κ2) is 6.14. The third-order valence-electron chi connectivity index (χ3n) is 5.79. The lowest BCUT2D eigenvalue weighted by molar-refractivity contribution is -0.150. The molecule has 0 radical (unpaired) electrons. The first kappa shape index (κ1) is 17.6. The molecule has 1 aromatic heterocycles. The second-order valence-corrected chi connectivity index (χ2v) is 7.12. The van der Waals surface area contributed by atoms with E-state index in [9.17, 15) is 14.7 Å². The number of benzene rings is 1. The Hall–Kier alpha value is -2.77. The van der Waals surface area contributed by atoms with E-state index in [1.54, 1.807) is 30.4 Å². The Labute approximate surface area is 157 Å². The Balaban J connectivity index is 1.96. The third-order valence-corrected chi connectivity index (χ3v) is 5.79. The molecule has 2 aromatic rings. The number of carbonyl (C=O) groups is 2. The van der Waals surface area contributed by atoms with Gasteiger partial charge < -0.3 is 14.7 Å². The number of amides is 1. The molecular weight excluding hydrogens is 346 g/mol. The van der Waals surface area contributed by atoms with E-state index in [4.69, 9.17) is 4.74 Å². The Morgan fingerprint density at radius 2 is 2.15 bits per heavy atom. The van der Waals surface area contributed by atoms with E-state index in [0.717, 1.165) is 16.8 Å². The molecule has 0 aliphatic carbocycles. The van der Waals surface area contributed by atoms with Gasteiger partial charge in [0, 0.05) is 25.1 Å². The quantitative estimate of drug-likeness (QED) is 0.785. The number of anilines is 1. The number of para-hydroxylation sites is 1. The SMILES string of the molecule is COC(=O)C1(CO)C[C@]2(C(=O)N(C)c3ccccc32)[C@H](c2cccnc2)N1. The molecule has 0 saturated carbocycles. The number of rotatable bonds is 3. The summed E-state index contributed by atoms with van der Waals surface area (Å²) in [5.41, 5.74) is -0.000767. The lowest BCUT2D eigenvalue weighted by Crippen LogP contribution is -2.52. The molecule has 7 heteroatoms. The topological polar surface area (TPSA) is 91.8 Å². The standard InChI is InChI=1S/C20H21N3O4/c1-23-15-8-4-3-7-14(15)20(17(23)25)11-19(12-24,18(26)27-2)22-16(20)13-6-5-9-21-10-13/h3-10,16,22,24H,11-12H2,1-2H3/t16-,19?,20+/m0/s1. The molecule has 2 aliphatic rings. The van der Waals surface area contributed by atoms with Gasteiger partial charge in [-0.15, -0.1) is 0 Å². The summed E-state index contributed by atoms with van der Waals surface area (Å²) in [6.45, 7) is -0.475. The van der Waals surface area contributed by atoms with Crippen molar-refractivity contribution in [1.82, 2.24) is 10.3 Å². The lowest BCUT2D eigenvalue weighted by Gasteiger charge is -2.29. The number of hydrogen-bond donors (Lipinski definition) is 2. The Kier molecular flexibility index (Phi) is 4.01.